The van der Waals surface area contributed by atoms with Gasteiger partial charge in [0.1, 0.15) is 19.8 Å². The number of carbonyl (C=O) groups excluding carboxylic acids is 3. The highest BCUT2D eigenvalue weighted by Crippen LogP contribution is 1.97. The third kappa shape index (κ3) is 12.5. The molecule has 0 aliphatic carbocycles. The molecule has 1 rings (SSSR count). The fraction of sp³-hybridized carbons (Fsp3) is 0.750. The summed E-state index contributed by atoms with van der Waals surface area (Å²) in [5.41, 5.74) is -3.44. The summed E-state index contributed by atoms with van der Waals surface area (Å²) in [5.74, 6) is 0. The van der Waals surface area contributed by atoms with E-state index in [4.69, 9.17) is 44.8 Å². The van der Waals surface area contributed by atoms with Crippen LogP contribution in [0.1, 0.15) is 0 Å². The molecule has 0 aromatic carbocycles. The minimum absolute atomic E-state index is 0.156. The second-order valence-corrected chi connectivity index (χ2v) is 8.95. The van der Waals surface area contributed by atoms with E-state index in [0.717, 1.165) is 14.7 Å². The first kappa shape index (κ1) is 39.0. The zero-order valence-corrected chi connectivity index (χ0v) is 24.8. The molecule has 3 amide bonds. The molecule has 0 aliphatic heterocycles. The summed E-state index contributed by atoms with van der Waals surface area (Å²) in [7, 11) is 0. The summed E-state index contributed by atoms with van der Waals surface area (Å²) < 4.78 is 16.8. The molecule has 0 aliphatic rings. The van der Waals surface area contributed by atoms with E-state index in [2.05, 4.69) is 0 Å². The van der Waals surface area contributed by atoms with E-state index in [1.165, 1.54) is 0 Å². The van der Waals surface area contributed by atoms with Crippen molar-refractivity contribution < 1.29 is 59.2 Å². The lowest BCUT2D eigenvalue weighted by Crippen LogP contribution is -2.55. The van der Waals surface area contributed by atoms with Crippen LogP contribution in [0, 0.1) is 0 Å². The van der Waals surface area contributed by atoms with Crippen LogP contribution in [0.5, 0.6) is 0 Å². The molecule has 0 unspecified atom stereocenters. The third-order valence-electron chi connectivity index (χ3n) is 6.00. The van der Waals surface area contributed by atoms with Crippen molar-refractivity contribution in [3.63, 3.8) is 0 Å². The minimum Gasteiger partial charge on any atom is -0.448 e. The summed E-state index contributed by atoms with van der Waals surface area (Å²) in [4.78, 5) is 79.2. The highest BCUT2D eigenvalue weighted by molar-refractivity contribution is 5.68. The van der Waals surface area contributed by atoms with Crippen LogP contribution < -0.4 is 17.1 Å². The van der Waals surface area contributed by atoms with Gasteiger partial charge in [0.25, 0.3) is 0 Å². The van der Waals surface area contributed by atoms with Gasteiger partial charge in [-0.2, -0.15) is 0 Å². The standard InChI is InChI=1S/C24H42N6O15/c31-10-1-25(2-11-32)22(40)43-16-7-28-19(37)29(8-17-44-23(41)26(3-12-33)4-13-34)21(39)30(20(28)38)9-18-45-24(42)27(5-14-35)6-15-36/h31-36H,1-18H2. The number of carbonyl (C=O) groups is 3. The van der Waals surface area contributed by atoms with E-state index >= 15 is 0 Å². The highest BCUT2D eigenvalue weighted by atomic mass is 16.6. The molecule has 21 nitrogen and oxygen atoms in total. The van der Waals surface area contributed by atoms with Gasteiger partial charge in [-0.15, -0.1) is 0 Å². The first-order valence-electron chi connectivity index (χ1n) is 14.0. The number of nitrogens with zero attached hydrogens (tertiary/aromatic N) is 6. The number of aliphatic hydroxyl groups is 6. The fourth-order valence-corrected chi connectivity index (χ4v) is 3.81. The second-order valence-electron chi connectivity index (χ2n) is 8.95. The number of hydrogen-bond acceptors (Lipinski definition) is 15. The SMILES string of the molecule is O=C(OCCn1c(=O)n(CCOC(=O)N(CCO)CCO)c(=O)n(CCOC(=O)N(CCO)CCO)c1=O)N(CCO)CCO. The summed E-state index contributed by atoms with van der Waals surface area (Å²) in [6, 6.07) is 0. The van der Waals surface area contributed by atoms with Gasteiger partial charge >= 0.3 is 35.3 Å². The molecule has 1 aromatic heterocycles. The number of ether oxygens (including phenoxy) is 3. The Kier molecular flexibility index (Phi) is 18.8. The molecule has 0 atom stereocenters. The maximum absolute atomic E-state index is 13.1. The van der Waals surface area contributed by atoms with Crippen molar-refractivity contribution >= 4 is 18.3 Å². The zero-order chi connectivity index (χ0) is 33.8. The van der Waals surface area contributed by atoms with Gasteiger partial charge in [0.15, 0.2) is 0 Å². The van der Waals surface area contributed by atoms with Gasteiger partial charge in [0.2, 0.25) is 0 Å². The highest BCUT2D eigenvalue weighted by Gasteiger charge is 2.20. The largest absolute Gasteiger partial charge is 0.448 e. The Morgan fingerprint density at radius 3 is 0.822 bits per heavy atom. The predicted octanol–water partition coefficient (Wildman–Crippen LogP) is -5.56. The molecule has 45 heavy (non-hydrogen) atoms. The van der Waals surface area contributed by atoms with Crippen molar-refractivity contribution in [2.24, 2.45) is 0 Å². The van der Waals surface area contributed by atoms with Crippen molar-refractivity contribution in [3.8, 4) is 0 Å². The van der Waals surface area contributed by atoms with Crippen molar-refractivity contribution in [2.45, 2.75) is 19.6 Å². The van der Waals surface area contributed by atoms with Gasteiger partial charge in [0.05, 0.1) is 59.3 Å². The maximum atomic E-state index is 13.1. The Hall–Kier alpha value is -4.02. The molecule has 0 spiro atoms. The van der Waals surface area contributed by atoms with Crippen molar-refractivity contribution in [1.82, 2.24) is 28.4 Å². The monoisotopic (exact) mass is 654 g/mol. The number of amides is 3. The lowest BCUT2D eigenvalue weighted by atomic mass is 10.5. The van der Waals surface area contributed by atoms with Crippen LogP contribution >= 0.6 is 0 Å². The van der Waals surface area contributed by atoms with Gasteiger partial charge in [-0.25, -0.2) is 42.5 Å². The van der Waals surface area contributed by atoms with Gasteiger partial charge in [0, 0.05) is 39.3 Å². The van der Waals surface area contributed by atoms with Gasteiger partial charge in [-0.05, 0) is 0 Å². The second kappa shape index (κ2) is 21.6. The van der Waals surface area contributed by atoms with Gasteiger partial charge < -0.3 is 59.5 Å². The van der Waals surface area contributed by atoms with E-state index < -0.39 is 114 Å². The quantitative estimate of drug-likeness (QED) is 0.0674. The lowest BCUT2D eigenvalue weighted by Gasteiger charge is -2.21. The third-order valence-corrected chi connectivity index (χ3v) is 6.00. The lowest BCUT2D eigenvalue weighted by molar-refractivity contribution is 0.0795. The van der Waals surface area contributed by atoms with Crippen LogP contribution in [0.3, 0.4) is 0 Å². The van der Waals surface area contributed by atoms with Crippen molar-refractivity contribution in [2.75, 3.05) is 98.7 Å². The Morgan fingerprint density at radius 2 is 0.644 bits per heavy atom. The van der Waals surface area contributed by atoms with Gasteiger partial charge in [-0.3, -0.25) is 0 Å². The number of aliphatic hydroxyl groups excluding tert-OH is 6. The molecule has 258 valence electrons. The van der Waals surface area contributed by atoms with E-state index in [1.807, 2.05) is 0 Å². The van der Waals surface area contributed by atoms with E-state index in [0.29, 0.717) is 13.7 Å². The predicted molar refractivity (Wildman–Crippen MR) is 150 cm³/mol. The number of hydrogen-bond donors (Lipinski definition) is 6. The topological polar surface area (TPSA) is 276 Å². The number of rotatable bonds is 21. The van der Waals surface area contributed by atoms with Crippen LogP contribution in [0.15, 0.2) is 14.4 Å². The average Bonchev–Trinajstić information content (AvgIpc) is 3.01. The summed E-state index contributed by atoms with van der Waals surface area (Å²) >= 11 is 0. The smallest absolute Gasteiger partial charge is 0.409 e. The zero-order valence-electron chi connectivity index (χ0n) is 24.8. The molecule has 0 radical (unpaired) electrons. The van der Waals surface area contributed by atoms with Crippen molar-refractivity contribution in [1.29, 1.82) is 0 Å². The van der Waals surface area contributed by atoms with Crippen LogP contribution in [-0.2, 0) is 33.8 Å². The maximum Gasteiger partial charge on any atom is 0.409 e. The summed E-state index contributed by atoms with van der Waals surface area (Å²) in [5, 5.41) is 54.5. The molecule has 0 saturated heterocycles. The first-order chi connectivity index (χ1) is 21.6. The van der Waals surface area contributed by atoms with Crippen LogP contribution in [0.2, 0.25) is 0 Å². The molecule has 0 saturated carbocycles. The summed E-state index contributed by atoms with van der Waals surface area (Å²) in [6.45, 7) is -6.73. The molecular weight excluding hydrogens is 612 g/mol. The molecule has 1 aromatic rings. The number of aromatic nitrogens is 3. The Bertz CT molecular complexity index is 1040. The Balaban J connectivity index is 3.25. The van der Waals surface area contributed by atoms with E-state index in [9.17, 15) is 28.8 Å². The molecule has 21 heteroatoms. The molecule has 0 fully saturated rings. The van der Waals surface area contributed by atoms with E-state index in [-0.39, 0.29) is 39.3 Å². The molecule has 6 N–H and O–H groups in total. The van der Waals surface area contributed by atoms with Crippen molar-refractivity contribution in [3.05, 3.63) is 31.5 Å². The Morgan fingerprint density at radius 1 is 0.444 bits per heavy atom. The molecule has 0 bridgehead atoms. The minimum atomic E-state index is -1.15. The normalized spacial score (nSPS) is 10.8. The molecule has 1 heterocycles. The van der Waals surface area contributed by atoms with Gasteiger partial charge in [-0.1, -0.05) is 0 Å². The molecular formula is C24H42N6O15. The van der Waals surface area contributed by atoms with E-state index in [1.54, 1.807) is 0 Å². The Labute approximate surface area is 256 Å². The van der Waals surface area contributed by atoms with Crippen LogP contribution in [-0.4, -0.2) is 176 Å². The van der Waals surface area contributed by atoms with Crippen LogP contribution in [0.25, 0.3) is 0 Å². The average molecular weight is 655 g/mol. The first-order valence-corrected chi connectivity index (χ1v) is 14.0. The fourth-order valence-electron chi connectivity index (χ4n) is 3.81. The summed E-state index contributed by atoms with van der Waals surface area (Å²) in [6.07, 6.45) is -2.86. The van der Waals surface area contributed by atoms with Crippen LogP contribution in [0.4, 0.5) is 14.4 Å².